The van der Waals surface area contributed by atoms with E-state index in [1.165, 1.54) is 9.08 Å². The molecule has 3 rings (SSSR count). The summed E-state index contributed by atoms with van der Waals surface area (Å²) in [5.41, 5.74) is 1.31. The van der Waals surface area contributed by atoms with Gasteiger partial charge in [0.05, 0.1) is 12.2 Å². The van der Waals surface area contributed by atoms with Crippen molar-refractivity contribution in [3.05, 3.63) is 51.0 Å². The molecule has 0 aliphatic rings. The Balaban J connectivity index is 1.85. The van der Waals surface area contributed by atoms with Gasteiger partial charge < -0.3 is 4.74 Å². The van der Waals surface area contributed by atoms with Crippen LogP contribution >= 0.6 is 11.3 Å². The van der Waals surface area contributed by atoms with Gasteiger partial charge in [-0.25, -0.2) is 14.5 Å². The van der Waals surface area contributed by atoms with Crippen LogP contribution in [-0.2, 0) is 11.3 Å². The van der Waals surface area contributed by atoms with Gasteiger partial charge in [-0.1, -0.05) is 6.07 Å². The molecule has 6 nitrogen and oxygen atoms in total. The Hall–Kier alpha value is -1.99. The quantitative estimate of drug-likeness (QED) is 0.724. The average molecular weight is 304 g/mol. The largest absolute Gasteiger partial charge is 0.372 e. The highest BCUT2D eigenvalue weighted by Crippen LogP contribution is 2.21. The molecule has 0 saturated heterocycles. The van der Waals surface area contributed by atoms with Crippen LogP contribution in [0.25, 0.3) is 5.65 Å². The molecule has 0 aliphatic carbocycles. The minimum atomic E-state index is -0.155. The lowest BCUT2D eigenvalue weighted by Gasteiger charge is -2.06. The monoisotopic (exact) mass is 304 g/mol. The van der Waals surface area contributed by atoms with E-state index in [1.807, 2.05) is 37.4 Å². The maximum absolute atomic E-state index is 12.2. The maximum Gasteiger partial charge on any atom is 0.350 e. The molecule has 0 saturated carbocycles. The first kappa shape index (κ1) is 14.0. The highest BCUT2D eigenvalue weighted by atomic mass is 32.1. The molecule has 0 spiro atoms. The topological polar surface area (TPSA) is 61.4 Å². The van der Waals surface area contributed by atoms with Gasteiger partial charge in [-0.15, -0.1) is 16.4 Å². The summed E-state index contributed by atoms with van der Waals surface area (Å²) in [6.45, 7) is 4.96. The fourth-order valence-electron chi connectivity index (χ4n) is 2.13. The standard InChI is InChI=1S/C14H16N4O2S/c1-3-20-10(2)13-15-11(9-21-13)8-18-14(19)17-7-5-4-6-12(17)16-18/h4-7,9-10H,3,8H2,1-2H3/t10-/m1/s1. The predicted octanol–water partition coefficient (Wildman–Crippen LogP) is 2.10. The Bertz CT molecular complexity index is 805. The fourth-order valence-corrected chi connectivity index (χ4v) is 2.94. The molecule has 3 aromatic heterocycles. The van der Waals surface area contributed by atoms with Gasteiger partial charge in [0.25, 0.3) is 0 Å². The number of thiazole rings is 1. The molecule has 0 bridgehead atoms. The van der Waals surface area contributed by atoms with Crippen molar-refractivity contribution in [1.29, 1.82) is 0 Å². The van der Waals surface area contributed by atoms with E-state index in [0.717, 1.165) is 10.7 Å². The van der Waals surface area contributed by atoms with Crippen LogP contribution in [0.4, 0.5) is 0 Å². The van der Waals surface area contributed by atoms with Gasteiger partial charge in [0.1, 0.15) is 11.1 Å². The van der Waals surface area contributed by atoms with Gasteiger partial charge in [0.15, 0.2) is 5.65 Å². The number of hydrogen-bond acceptors (Lipinski definition) is 5. The van der Waals surface area contributed by atoms with Gasteiger partial charge in [-0.2, -0.15) is 0 Å². The Morgan fingerprint density at radius 3 is 3.05 bits per heavy atom. The van der Waals surface area contributed by atoms with Crippen LogP contribution in [0.3, 0.4) is 0 Å². The van der Waals surface area contributed by atoms with Crippen LogP contribution in [-0.4, -0.2) is 25.8 Å². The van der Waals surface area contributed by atoms with Gasteiger partial charge >= 0.3 is 5.69 Å². The molecule has 3 heterocycles. The number of hydrogen-bond donors (Lipinski definition) is 0. The molecular formula is C14H16N4O2S. The Labute approximate surface area is 125 Å². The minimum absolute atomic E-state index is 0.0217. The van der Waals surface area contributed by atoms with Crippen LogP contribution in [0.5, 0.6) is 0 Å². The smallest absolute Gasteiger partial charge is 0.350 e. The molecule has 0 fully saturated rings. The number of nitrogens with zero attached hydrogens (tertiary/aromatic N) is 4. The molecule has 3 aromatic rings. The van der Waals surface area contributed by atoms with Crippen molar-refractivity contribution in [2.45, 2.75) is 26.5 Å². The normalized spacial score (nSPS) is 12.9. The first-order chi connectivity index (χ1) is 10.2. The molecule has 110 valence electrons. The van der Waals surface area contributed by atoms with Gasteiger partial charge in [0, 0.05) is 18.2 Å². The van der Waals surface area contributed by atoms with Gasteiger partial charge in [0.2, 0.25) is 0 Å². The van der Waals surface area contributed by atoms with Crippen molar-refractivity contribution in [3.8, 4) is 0 Å². The van der Waals surface area contributed by atoms with E-state index in [2.05, 4.69) is 10.1 Å². The molecule has 7 heteroatoms. The second-order valence-corrected chi connectivity index (χ2v) is 5.53. The summed E-state index contributed by atoms with van der Waals surface area (Å²) in [7, 11) is 0. The van der Waals surface area contributed by atoms with E-state index in [1.54, 1.807) is 17.5 Å². The van der Waals surface area contributed by atoms with Crippen molar-refractivity contribution >= 4 is 17.0 Å². The van der Waals surface area contributed by atoms with Crippen molar-refractivity contribution in [2.24, 2.45) is 0 Å². The van der Waals surface area contributed by atoms with Crippen LogP contribution in [0.2, 0.25) is 0 Å². The highest BCUT2D eigenvalue weighted by molar-refractivity contribution is 7.09. The lowest BCUT2D eigenvalue weighted by atomic mass is 10.4. The molecule has 21 heavy (non-hydrogen) atoms. The Morgan fingerprint density at radius 2 is 2.29 bits per heavy atom. The average Bonchev–Trinajstić information content (AvgIpc) is 3.06. The Kier molecular flexibility index (Phi) is 3.85. The zero-order valence-electron chi connectivity index (χ0n) is 11.9. The SMILES string of the molecule is CCO[C@H](C)c1nc(Cn2nc3ccccn3c2=O)cs1. The van der Waals surface area contributed by atoms with E-state index in [9.17, 15) is 4.79 Å². The van der Waals surface area contributed by atoms with Crippen molar-refractivity contribution in [2.75, 3.05) is 6.61 Å². The zero-order valence-corrected chi connectivity index (χ0v) is 12.7. The number of aromatic nitrogens is 4. The zero-order chi connectivity index (χ0) is 14.8. The molecule has 0 radical (unpaired) electrons. The van der Waals surface area contributed by atoms with Crippen molar-refractivity contribution < 1.29 is 4.74 Å². The molecular weight excluding hydrogens is 288 g/mol. The summed E-state index contributed by atoms with van der Waals surface area (Å²) in [4.78, 5) is 16.7. The second-order valence-electron chi connectivity index (χ2n) is 4.64. The van der Waals surface area contributed by atoms with Crippen LogP contribution in [0.15, 0.2) is 34.6 Å². The predicted molar refractivity (Wildman–Crippen MR) is 80.7 cm³/mol. The summed E-state index contributed by atoms with van der Waals surface area (Å²) >= 11 is 1.54. The third-order valence-corrected chi connectivity index (χ3v) is 4.19. The van der Waals surface area contributed by atoms with Crippen molar-refractivity contribution in [1.82, 2.24) is 19.2 Å². The molecule has 0 N–H and O–H groups in total. The number of rotatable bonds is 5. The van der Waals surface area contributed by atoms with Crippen LogP contribution < -0.4 is 5.69 Å². The molecule has 0 amide bonds. The fraction of sp³-hybridized carbons (Fsp3) is 0.357. The van der Waals surface area contributed by atoms with Crippen molar-refractivity contribution in [3.63, 3.8) is 0 Å². The molecule has 0 unspecified atom stereocenters. The Morgan fingerprint density at radius 1 is 1.43 bits per heavy atom. The summed E-state index contributed by atoms with van der Waals surface area (Å²) in [5, 5.41) is 7.16. The summed E-state index contributed by atoms with van der Waals surface area (Å²) in [6.07, 6.45) is 1.69. The lowest BCUT2D eigenvalue weighted by Crippen LogP contribution is -2.21. The second kappa shape index (κ2) is 5.79. The maximum atomic E-state index is 12.2. The van der Waals surface area contributed by atoms with E-state index < -0.39 is 0 Å². The van der Waals surface area contributed by atoms with Gasteiger partial charge in [-0.3, -0.25) is 4.40 Å². The molecule has 0 aliphatic heterocycles. The molecule has 0 aromatic carbocycles. The van der Waals surface area contributed by atoms with E-state index in [0.29, 0.717) is 18.8 Å². The minimum Gasteiger partial charge on any atom is -0.372 e. The lowest BCUT2D eigenvalue weighted by molar-refractivity contribution is 0.0761. The third kappa shape index (κ3) is 2.74. The summed E-state index contributed by atoms with van der Waals surface area (Å²) in [6, 6.07) is 5.48. The summed E-state index contributed by atoms with van der Waals surface area (Å²) < 4.78 is 8.48. The summed E-state index contributed by atoms with van der Waals surface area (Å²) in [5.74, 6) is 0. The van der Waals surface area contributed by atoms with E-state index in [-0.39, 0.29) is 11.8 Å². The van der Waals surface area contributed by atoms with Gasteiger partial charge in [-0.05, 0) is 26.0 Å². The highest BCUT2D eigenvalue weighted by Gasteiger charge is 2.12. The van der Waals surface area contributed by atoms with Crippen LogP contribution in [0, 0.1) is 0 Å². The molecule has 1 atom stereocenters. The van der Waals surface area contributed by atoms with E-state index in [4.69, 9.17) is 4.74 Å². The van der Waals surface area contributed by atoms with Crippen LogP contribution in [0.1, 0.15) is 30.7 Å². The first-order valence-electron chi connectivity index (χ1n) is 6.79. The number of fused-ring (bicyclic) bond motifs is 1. The first-order valence-corrected chi connectivity index (χ1v) is 7.67. The number of ether oxygens (including phenoxy) is 1. The van der Waals surface area contributed by atoms with E-state index >= 15 is 0 Å². The number of pyridine rings is 1. The third-order valence-electron chi connectivity index (χ3n) is 3.13.